The van der Waals surface area contributed by atoms with E-state index in [2.05, 4.69) is 10.3 Å². The molecule has 0 amide bonds. The number of halogens is 2. The van der Waals surface area contributed by atoms with E-state index in [0.29, 0.717) is 13.0 Å². The molecule has 0 fully saturated rings. The molecule has 1 heterocycles. The molecule has 0 radical (unpaired) electrons. The fourth-order valence-corrected chi connectivity index (χ4v) is 1.48. The number of aromatic nitrogens is 3. The number of aryl methyl sites for hydroxylation is 1. The van der Waals surface area contributed by atoms with E-state index in [0.717, 1.165) is 18.2 Å². The molecule has 2 rings (SSSR count). The van der Waals surface area contributed by atoms with Crippen LogP contribution in [0, 0.1) is 11.6 Å². The molecule has 0 saturated carbocycles. The summed E-state index contributed by atoms with van der Waals surface area (Å²) in [7, 11) is 0. The smallest absolute Gasteiger partial charge is 0.151 e. The fraction of sp³-hybridized carbons (Fsp3) is 0.273. The largest absolute Gasteiger partial charge is 0.330 e. The summed E-state index contributed by atoms with van der Waals surface area (Å²) in [6.07, 6.45) is 3.11. The SMILES string of the molecule is NCCCc1cn(-c2ccc(F)cc2F)nn1. The van der Waals surface area contributed by atoms with Crippen molar-refractivity contribution in [1.82, 2.24) is 15.0 Å². The Hall–Kier alpha value is -1.82. The van der Waals surface area contributed by atoms with E-state index in [1.807, 2.05) is 0 Å². The molecule has 4 nitrogen and oxygen atoms in total. The van der Waals surface area contributed by atoms with Crippen LogP contribution in [0.15, 0.2) is 24.4 Å². The first kappa shape index (κ1) is 11.7. The Kier molecular flexibility index (Phi) is 3.43. The normalized spacial score (nSPS) is 10.8. The van der Waals surface area contributed by atoms with Crippen molar-refractivity contribution in [3.05, 3.63) is 41.7 Å². The Morgan fingerprint density at radius 1 is 1.29 bits per heavy atom. The van der Waals surface area contributed by atoms with Gasteiger partial charge in [0.05, 0.1) is 11.9 Å². The minimum atomic E-state index is -0.666. The number of benzene rings is 1. The highest BCUT2D eigenvalue weighted by atomic mass is 19.1. The van der Waals surface area contributed by atoms with Crippen LogP contribution >= 0.6 is 0 Å². The van der Waals surface area contributed by atoms with Crippen LogP contribution < -0.4 is 5.73 Å². The standard InChI is InChI=1S/C11H12F2N4/c12-8-3-4-11(10(13)6-8)17-7-9(15-16-17)2-1-5-14/h3-4,6-7H,1-2,5,14H2. The van der Waals surface area contributed by atoms with Gasteiger partial charge >= 0.3 is 0 Å². The molecule has 0 unspecified atom stereocenters. The summed E-state index contributed by atoms with van der Waals surface area (Å²) in [6, 6.07) is 3.32. The molecule has 1 aromatic carbocycles. The maximum absolute atomic E-state index is 13.4. The summed E-state index contributed by atoms with van der Waals surface area (Å²) in [5.74, 6) is -1.28. The number of hydrogen-bond donors (Lipinski definition) is 1. The molecule has 2 aromatic rings. The minimum absolute atomic E-state index is 0.179. The maximum atomic E-state index is 13.4. The quantitative estimate of drug-likeness (QED) is 0.876. The van der Waals surface area contributed by atoms with Gasteiger partial charge in [-0.15, -0.1) is 5.10 Å². The van der Waals surface area contributed by atoms with Crippen molar-refractivity contribution in [3.8, 4) is 5.69 Å². The van der Waals surface area contributed by atoms with E-state index in [1.165, 1.54) is 16.8 Å². The third-order valence-corrected chi connectivity index (χ3v) is 2.33. The zero-order chi connectivity index (χ0) is 12.3. The first-order valence-corrected chi connectivity index (χ1v) is 5.27. The van der Waals surface area contributed by atoms with E-state index < -0.39 is 11.6 Å². The Morgan fingerprint density at radius 3 is 2.82 bits per heavy atom. The van der Waals surface area contributed by atoms with Crippen LogP contribution in [-0.4, -0.2) is 21.5 Å². The molecule has 0 spiro atoms. The third-order valence-electron chi connectivity index (χ3n) is 2.33. The summed E-state index contributed by atoms with van der Waals surface area (Å²) in [5.41, 5.74) is 6.29. The highest BCUT2D eigenvalue weighted by Gasteiger charge is 2.08. The lowest BCUT2D eigenvalue weighted by molar-refractivity contribution is 0.572. The lowest BCUT2D eigenvalue weighted by Gasteiger charge is -2.01. The van der Waals surface area contributed by atoms with Gasteiger partial charge in [-0.05, 0) is 31.5 Å². The number of nitrogens with two attached hydrogens (primary N) is 1. The zero-order valence-corrected chi connectivity index (χ0v) is 9.11. The van der Waals surface area contributed by atoms with Crippen LogP contribution in [-0.2, 0) is 6.42 Å². The first-order chi connectivity index (χ1) is 8.20. The molecule has 0 bridgehead atoms. The van der Waals surface area contributed by atoms with Crippen molar-refractivity contribution in [1.29, 1.82) is 0 Å². The van der Waals surface area contributed by atoms with Crippen molar-refractivity contribution in [2.75, 3.05) is 6.54 Å². The number of hydrogen-bond acceptors (Lipinski definition) is 3. The zero-order valence-electron chi connectivity index (χ0n) is 9.11. The molecule has 0 aliphatic heterocycles. The van der Waals surface area contributed by atoms with Gasteiger partial charge in [-0.25, -0.2) is 13.5 Å². The van der Waals surface area contributed by atoms with Gasteiger partial charge in [-0.2, -0.15) is 0 Å². The molecule has 2 N–H and O–H groups in total. The van der Waals surface area contributed by atoms with Crippen molar-refractivity contribution in [2.45, 2.75) is 12.8 Å². The Bertz CT molecular complexity index is 510. The number of rotatable bonds is 4. The van der Waals surface area contributed by atoms with Gasteiger partial charge < -0.3 is 5.73 Å². The van der Waals surface area contributed by atoms with Gasteiger partial charge in [-0.1, -0.05) is 5.21 Å². The second kappa shape index (κ2) is 5.01. The molecule has 90 valence electrons. The first-order valence-electron chi connectivity index (χ1n) is 5.27. The van der Waals surface area contributed by atoms with Gasteiger partial charge in [0.2, 0.25) is 0 Å². The Labute approximate surface area is 97.0 Å². The average molecular weight is 238 g/mol. The van der Waals surface area contributed by atoms with Gasteiger partial charge in [0, 0.05) is 6.07 Å². The van der Waals surface area contributed by atoms with Crippen molar-refractivity contribution in [3.63, 3.8) is 0 Å². The van der Waals surface area contributed by atoms with E-state index in [-0.39, 0.29) is 5.69 Å². The summed E-state index contributed by atoms with van der Waals surface area (Å²) in [5, 5.41) is 7.68. The van der Waals surface area contributed by atoms with Crippen LogP contribution in [0.5, 0.6) is 0 Å². The highest BCUT2D eigenvalue weighted by molar-refractivity contribution is 5.32. The Balaban J connectivity index is 2.24. The summed E-state index contributed by atoms with van der Waals surface area (Å²) in [6.45, 7) is 0.567. The van der Waals surface area contributed by atoms with Crippen LogP contribution in [0.1, 0.15) is 12.1 Å². The molecule has 17 heavy (non-hydrogen) atoms. The van der Waals surface area contributed by atoms with Gasteiger partial charge in [0.15, 0.2) is 5.82 Å². The van der Waals surface area contributed by atoms with Crippen molar-refractivity contribution in [2.24, 2.45) is 5.73 Å². The predicted octanol–water partition coefficient (Wildman–Crippen LogP) is 1.44. The molecular weight excluding hydrogens is 226 g/mol. The average Bonchev–Trinajstić information content (AvgIpc) is 2.75. The Morgan fingerprint density at radius 2 is 2.12 bits per heavy atom. The maximum Gasteiger partial charge on any atom is 0.151 e. The predicted molar refractivity (Wildman–Crippen MR) is 58.7 cm³/mol. The fourth-order valence-electron chi connectivity index (χ4n) is 1.48. The van der Waals surface area contributed by atoms with E-state index >= 15 is 0 Å². The van der Waals surface area contributed by atoms with Crippen LogP contribution in [0.3, 0.4) is 0 Å². The van der Waals surface area contributed by atoms with Crippen LogP contribution in [0.25, 0.3) is 5.69 Å². The topological polar surface area (TPSA) is 56.7 Å². The van der Waals surface area contributed by atoms with E-state index in [1.54, 1.807) is 6.20 Å². The molecular formula is C11H12F2N4. The third kappa shape index (κ3) is 2.65. The minimum Gasteiger partial charge on any atom is -0.330 e. The number of nitrogens with zero attached hydrogens (tertiary/aromatic N) is 3. The van der Waals surface area contributed by atoms with Crippen LogP contribution in [0.4, 0.5) is 8.78 Å². The van der Waals surface area contributed by atoms with Crippen molar-refractivity contribution >= 4 is 0 Å². The molecule has 0 atom stereocenters. The summed E-state index contributed by atoms with van der Waals surface area (Å²) in [4.78, 5) is 0. The van der Waals surface area contributed by atoms with E-state index in [4.69, 9.17) is 5.73 Å². The molecule has 6 heteroatoms. The molecule has 0 saturated heterocycles. The van der Waals surface area contributed by atoms with Crippen molar-refractivity contribution < 1.29 is 8.78 Å². The molecule has 0 aliphatic carbocycles. The highest BCUT2D eigenvalue weighted by Crippen LogP contribution is 2.14. The van der Waals surface area contributed by atoms with Gasteiger partial charge in [-0.3, -0.25) is 0 Å². The van der Waals surface area contributed by atoms with Gasteiger partial charge in [0.1, 0.15) is 11.5 Å². The molecule has 1 aromatic heterocycles. The lowest BCUT2D eigenvalue weighted by Crippen LogP contribution is -2.00. The van der Waals surface area contributed by atoms with E-state index in [9.17, 15) is 8.78 Å². The monoisotopic (exact) mass is 238 g/mol. The second-order valence-corrected chi connectivity index (χ2v) is 3.64. The van der Waals surface area contributed by atoms with Gasteiger partial charge in [0.25, 0.3) is 0 Å². The summed E-state index contributed by atoms with van der Waals surface area (Å²) < 4.78 is 27.5. The second-order valence-electron chi connectivity index (χ2n) is 3.64. The molecule has 0 aliphatic rings. The lowest BCUT2D eigenvalue weighted by atomic mass is 10.2. The van der Waals surface area contributed by atoms with Crippen LogP contribution in [0.2, 0.25) is 0 Å². The summed E-state index contributed by atoms with van der Waals surface area (Å²) >= 11 is 0.